The van der Waals surface area contributed by atoms with Crippen molar-refractivity contribution < 1.29 is 5.11 Å². The molecule has 158 valence electrons. The van der Waals surface area contributed by atoms with Crippen LogP contribution in [-0.2, 0) is 0 Å². The molecule has 3 aliphatic carbocycles. The highest BCUT2D eigenvalue weighted by molar-refractivity contribution is 5.35. The molecule has 3 fully saturated rings. The van der Waals surface area contributed by atoms with Crippen molar-refractivity contribution in [2.24, 2.45) is 23.2 Å². The zero-order valence-corrected chi connectivity index (χ0v) is 19.0. The Kier molecular flexibility index (Phi) is 6.96. The number of allylic oxidation sites excluding steroid dienone is 5. The predicted molar refractivity (Wildman–Crippen MR) is 121 cm³/mol. The van der Waals surface area contributed by atoms with Crippen molar-refractivity contribution in [3.05, 3.63) is 35.5 Å². The van der Waals surface area contributed by atoms with Crippen LogP contribution in [0.25, 0.3) is 0 Å². The fourth-order valence-electron chi connectivity index (χ4n) is 6.67. The van der Waals surface area contributed by atoms with E-state index in [0.29, 0.717) is 5.41 Å². The second-order valence-electron chi connectivity index (χ2n) is 11.0. The van der Waals surface area contributed by atoms with E-state index < -0.39 is 5.60 Å². The summed E-state index contributed by atoms with van der Waals surface area (Å²) in [6.07, 6.45) is 20.2. The smallest absolute Gasteiger partial charge is 0.0591 e. The van der Waals surface area contributed by atoms with Crippen LogP contribution in [0.4, 0.5) is 0 Å². The van der Waals surface area contributed by atoms with Gasteiger partial charge in [-0.2, -0.15) is 0 Å². The molecule has 0 spiro atoms. The summed E-state index contributed by atoms with van der Waals surface area (Å²) < 4.78 is 0. The molecule has 0 bridgehead atoms. The summed E-state index contributed by atoms with van der Waals surface area (Å²) in [5.41, 5.74) is 4.59. The second kappa shape index (κ2) is 8.90. The van der Waals surface area contributed by atoms with Gasteiger partial charge in [-0.25, -0.2) is 0 Å². The van der Waals surface area contributed by atoms with Crippen LogP contribution in [0, 0.1) is 23.2 Å². The molecule has 0 saturated heterocycles. The summed E-state index contributed by atoms with van der Waals surface area (Å²) in [6.45, 7) is 13.3. The van der Waals surface area contributed by atoms with Gasteiger partial charge in [0, 0.05) is 0 Å². The Morgan fingerprint density at radius 1 is 1.14 bits per heavy atom. The van der Waals surface area contributed by atoms with Crippen LogP contribution in [-0.4, -0.2) is 10.7 Å². The molecule has 1 N–H and O–H groups in total. The van der Waals surface area contributed by atoms with Crippen molar-refractivity contribution in [3.63, 3.8) is 0 Å². The van der Waals surface area contributed by atoms with Gasteiger partial charge in [-0.3, -0.25) is 0 Å². The van der Waals surface area contributed by atoms with Crippen LogP contribution in [0.1, 0.15) is 105 Å². The highest BCUT2D eigenvalue weighted by atomic mass is 16.3. The molecule has 1 unspecified atom stereocenters. The third kappa shape index (κ3) is 5.02. The average Bonchev–Trinajstić information content (AvgIpc) is 2.97. The lowest BCUT2D eigenvalue weighted by Crippen LogP contribution is -2.36. The van der Waals surface area contributed by atoms with E-state index in [1.165, 1.54) is 75.4 Å². The van der Waals surface area contributed by atoms with Crippen LogP contribution in [0.2, 0.25) is 0 Å². The van der Waals surface area contributed by atoms with Crippen LogP contribution >= 0.6 is 0 Å². The van der Waals surface area contributed by atoms with Gasteiger partial charge in [-0.15, -0.1) is 0 Å². The minimum absolute atomic E-state index is 0.486. The first-order valence-electron chi connectivity index (χ1n) is 12.0. The van der Waals surface area contributed by atoms with E-state index in [-0.39, 0.29) is 0 Å². The Morgan fingerprint density at radius 3 is 2.61 bits per heavy atom. The first-order chi connectivity index (χ1) is 13.2. The van der Waals surface area contributed by atoms with E-state index in [1.807, 2.05) is 13.8 Å². The lowest BCUT2D eigenvalue weighted by Gasteiger charge is -2.44. The average molecular weight is 385 g/mol. The first-order valence-corrected chi connectivity index (χ1v) is 12.0. The minimum atomic E-state index is -0.515. The van der Waals surface area contributed by atoms with Crippen LogP contribution < -0.4 is 0 Å². The fourth-order valence-corrected chi connectivity index (χ4v) is 6.67. The normalized spacial score (nSPS) is 35.4. The number of hydrogen-bond acceptors (Lipinski definition) is 1. The Balaban J connectivity index is 1.67. The number of rotatable bonds is 6. The van der Waals surface area contributed by atoms with Gasteiger partial charge in [-0.05, 0) is 107 Å². The van der Waals surface area contributed by atoms with Crippen molar-refractivity contribution in [2.45, 2.75) is 110 Å². The summed E-state index contributed by atoms with van der Waals surface area (Å²) in [6, 6.07) is 0. The van der Waals surface area contributed by atoms with E-state index in [0.717, 1.165) is 30.6 Å². The van der Waals surface area contributed by atoms with Gasteiger partial charge in [-0.1, -0.05) is 56.6 Å². The van der Waals surface area contributed by atoms with Gasteiger partial charge in [0.05, 0.1) is 5.60 Å². The third-order valence-corrected chi connectivity index (χ3v) is 8.30. The summed E-state index contributed by atoms with van der Waals surface area (Å²) in [5, 5.41) is 10.0. The zero-order chi connectivity index (χ0) is 20.4. The maximum absolute atomic E-state index is 10.0. The highest BCUT2D eigenvalue weighted by Gasteiger charge is 2.50. The molecule has 0 amide bonds. The van der Waals surface area contributed by atoms with Crippen molar-refractivity contribution in [1.82, 2.24) is 0 Å². The quantitative estimate of drug-likeness (QED) is 0.496. The largest absolute Gasteiger partial charge is 0.390 e. The lowest BCUT2D eigenvalue weighted by molar-refractivity contribution is 0.0597. The zero-order valence-electron chi connectivity index (χ0n) is 19.0. The van der Waals surface area contributed by atoms with Gasteiger partial charge in [0.1, 0.15) is 0 Å². The van der Waals surface area contributed by atoms with Gasteiger partial charge in [0.2, 0.25) is 0 Å². The van der Waals surface area contributed by atoms with Crippen molar-refractivity contribution in [2.75, 3.05) is 0 Å². The fraction of sp³-hybridized carbons (Fsp3) is 0.778. The Bertz CT molecular complexity index is 617. The van der Waals surface area contributed by atoms with E-state index in [1.54, 1.807) is 5.57 Å². The topological polar surface area (TPSA) is 20.2 Å². The van der Waals surface area contributed by atoms with Crippen molar-refractivity contribution in [3.8, 4) is 0 Å². The summed E-state index contributed by atoms with van der Waals surface area (Å²) in [4.78, 5) is 0. The van der Waals surface area contributed by atoms with Crippen molar-refractivity contribution >= 4 is 0 Å². The van der Waals surface area contributed by atoms with E-state index in [9.17, 15) is 5.11 Å². The summed E-state index contributed by atoms with van der Waals surface area (Å²) in [7, 11) is 0. The lowest BCUT2D eigenvalue weighted by atomic mass is 9.60. The molecule has 1 heteroatoms. The standard InChI is InChI=1S/C27H44O/c1-20-10-6-7-12-22(20)14-15-23-13-9-19-27(5)24(16-17-25(23)27)21(2)11-8-18-26(3,4)28/h14-15,21,24-25,28H,1,6-13,16-19H2,2-5H3/b22-14-,23-15+/t21-,24?,25+,27-/m1/s1. The van der Waals surface area contributed by atoms with E-state index in [4.69, 9.17) is 0 Å². The van der Waals surface area contributed by atoms with E-state index in [2.05, 4.69) is 32.6 Å². The molecule has 0 aromatic heterocycles. The highest BCUT2D eigenvalue weighted by Crippen LogP contribution is 2.59. The second-order valence-corrected chi connectivity index (χ2v) is 11.0. The molecule has 0 aromatic rings. The van der Waals surface area contributed by atoms with Gasteiger partial charge in [0.15, 0.2) is 0 Å². The maximum Gasteiger partial charge on any atom is 0.0591 e. The van der Waals surface area contributed by atoms with Crippen LogP contribution in [0.5, 0.6) is 0 Å². The van der Waals surface area contributed by atoms with Crippen LogP contribution in [0.3, 0.4) is 0 Å². The molecule has 28 heavy (non-hydrogen) atoms. The molecule has 4 atom stereocenters. The molecule has 3 rings (SSSR count). The van der Waals surface area contributed by atoms with Crippen molar-refractivity contribution in [1.29, 1.82) is 0 Å². The first kappa shape index (κ1) is 21.9. The maximum atomic E-state index is 10.0. The molecule has 0 heterocycles. The Hall–Kier alpha value is -0.820. The Morgan fingerprint density at radius 2 is 1.89 bits per heavy atom. The van der Waals surface area contributed by atoms with Crippen LogP contribution in [0.15, 0.2) is 35.5 Å². The molecule has 1 nitrogen and oxygen atoms in total. The predicted octanol–water partition coefficient (Wildman–Crippen LogP) is 7.76. The third-order valence-electron chi connectivity index (χ3n) is 8.30. The molecular weight excluding hydrogens is 340 g/mol. The van der Waals surface area contributed by atoms with Gasteiger partial charge < -0.3 is 5.11 Å². The molecule has 0 aliphatic heterocycles. The van der Waals surface area contributed by atoms with Gasteiger partial charge in [0.25, 0.3) is 0 Å². The molecule has 3 aliphatic rings. The molecule has 0 radical (unpaired) electrons. The van der Waals surface area contributed by atoms with Gasteiger partial charge >= 0.3 is 0 Å². The minimum Gasteiger partial charge on any atom is -0.390 e. The summed E-state index contributed by atoms with van der Waals surface area (Å²) >= 11 is 0. The molecule has 0 aromatic carbocycles. The number of hydrogen-bond donors (Lipinski definition) is 1. The molecular formula is C27H44O. The Labute approximate surface area is 174 Å². The van der Waals surface area contributed by atoms with E-state index >= 15 is 0 Å². The number of aliphatic hydroxyl groups is 1. The SMILES string of the molecule is C=C1CCCC/C1=C/C=C1\CCC[C@]2(C)C([C@H](C)CCCC(C)(C)O)CC[C@@H]12. The molecule has 3 saturated carbocycles. The number of fused-ring (bicyclic) bond motifs is 1. The summed E-state index contributed by atoms with van der Waals surface area (Å²) in [5.74, 6) is 2.41. The monoisotopic (exact) mass is 384 g/mol.